The number of hydrogen-bond donors (Lipinski definition) is 7. The number of fused-ring (bicyclic) bond motifs is 4. The van der Waals surface area contributed by atoms with Gasteiger partial charge in [0.15, 0.2) is 0 Å². The van der Waals surface area contributed by atoms with Crippen molar-refractivity contribution in [2.24, 2.45) is 11.8 Å². The molecule has 69 heavy (non-hydrogen) atoms. The number of para-hydroxylation sites is 2. The Balaban J connectivity index is 0.000000172. The van der Waals surface area contributed by atoms with Crippen LogP contribution in [0.15, 0.2) is 128 Å². The zero-order valence-electron chi connectivity index (χ0n) is 38.4. The van der Waals surface area contributed by atoms with E-state index in [2.05, 4.69) is 42.6 Å². The second-order valence-corrected chi connectivity index (χ2v) is 17.8. The molecule has 352 valence electrons. The van der Waals surface area contributed by atoms with E-state index in [9.17, 15) is 19.2 Å². The number of nitrogens with one attached hydrogen (secondary N) is 5. The van der Waals surface area contributed by atoms with E-state index in [0.717, 1.165) is 73.3 Å². The second kappa shape index (κ2) is 20.7. The number of aromatic nitrogens is 3. The van der Waals surface area contributed by atoms with Crippen molar-refractivity contribution < 1.29 is 34.3 Å². The van der Waals surface area contributed by atoms with Crippen LogP contribution >= 0.6 is 0 Å². The molecule has 2 fully saturated rings. The topological polar surface area (TPSA) is 209 Å². The first-order chi connectivity index (χ1) is 33.6. The van der Waals surface area contributed by atoms with Gasteiger partial charge in [-0.15, -0.1) is 0 Å². The number of nitrogens with zero attached hydrogens (tertiary/aromatic N) is 3. The lowest BCUT2D eigenvalue weighted by atomic mass is 9.91. The first-order valence-corrected chi connectivity index (χ1v) is 23.2. The van der Waals surface area contributed by atoms with Gasteiger partial charge in [0.2, 0.25) is 11.8 Å². The molecule has 1 saturated heterocycles. The molecule has 3 aromatic heterocycles. The van der Waals surface area contributed by atoms with Gasteiger partial charge in [-0.3, -0.25) is 39.6 Å². The Morgan fingerprint density at radius 1 is 0.667 bits per heavy atom. The number of carbonyl (C=O) groups is 4. The van der Waals surface area contributed by atoms with Gasteiger partial charge in [-0.2, -0.15) is 0 Å². The van der Waals surface area contributed by atoms with Gasteiger partial charge in [0.1, 0.15) is 12.4 Å². The number of ether oxygens (including phenoxy) is 1. The number of hydroxylamine groups is 2. The zero-order valence-corrected chi connectivity index (χ0v) is 38.4. The van der Waals surface area contributed by atoms with Gasteiger partial charge in [-0.05, 0) is 129 Å². The zero-order chi connectivity index (χ0) is 48.0. The minimum atomic E-state index is -0.497. The molecule has 4 atom stereocenters. The monoisotopic (exact) mass is 926 g/mol. The summed E-state index contributed by atoms with van der Waals surface area (Å²) in [6, 6.07) is 38.5. The van der Waals surface area contributed by atoms with E-state index < -0.39 is 29.7 Å². The van der Waals surface area contributed by atoms with Crippen molar-refractivity contribution in [3.05, 3.63) is 161 Å². The highest BCUT2D eigenvalue weighted by molar-refractivity contribution is 6.07. The van der Waals surface area contributed by atoms with Crippen molar-refractivity contribution in [1.82, 2.24) is 41.4 Å². The quantitative estimate of drug-likeness (QED) is 0.0504. The van der Waals surface area contributed by atoms with Gasteiger partial charge in [-0.25, -0.2) is 11.0 Å². The Morgan fingerprint density at radius 2 is 1.35 bits per heavy atom. The molecule has 1 saturated carbocycles. The third-order valence-corrected chi connectivity index (χ3v) is 13.2. The van der Waals surface area contributed by atoms with E-state index >= 15 is 0 Å². The number of hydrogen-bond acceptors (Lipinski definition) is 10. The highest BCUT2D eigenvalue weighted by Gasteiger charge is 2.34. The predicted octanol–water partition coefficient (Wildman–Crippen LogP) is 7.44. The van der Waals surface area contributed by atoms with Crippen molar-refractivity contribution in [2.45, 2.75) is 64.8 Å². The lowest BCUT2D eigenvalue weighted by Crippen LogP contribution is -2.55. The van der Waals surface area contributed by atoms with Crippen LogP contribution in [-0.2, 0) is 22.7 Å². The molecule has 4 heterocycles. The van der Waals surface area contributed by atoms with Crippen LogP contribution < -0.4 is 31.6 Å². The number of benzene rings is 5. The van der Waals surface area contributed by atoms with E-state index in [4.69, 9.17) is 15.2 Å². The first-order valence-electron chi connectivity index (χ1n) is 23.2. The number of amides is 4. The predicted molar refractivity (Wildman–Crippen MR) is 263 cm³/mol. The third kappa shape index (κ3) is 10.3. The average Bonchev–Trinajstić information content (AvgIpc) is 4.01. The number of pyridine rings is 2. The molecule has 8 aromatic rings. The molecule has 15 nitrogen and oxygen atoms in total. The number of piperidine rings is 1. The van der Waals surface area contributed by atoms with Crippen LogP contribution in [0.1, 0.15) is 68.9 Å². The summed E-state index contributed by atoms with van der Waals surface area (Å²) in [5.41, 5.74) is 11.7. The molecule has 15 heteroatoms. The summed E-state index contributed by atoms with van der Waals surface area (Å²) in [4.78, 5) is 59.1. The van der Waals surface area contributed by atoms with Crippen LogP contribution in [0.2, 0.25) is 0 Å². The molecule has 10 rings (SSSR count). The fourth-order valence-corrected chi connectivity index (χ4v) is 9.85. The Morgan fingerprint density at radius 3 is 2.09 bits per heavy atom. The van der Waals surface area contributed by atoms with E-state index in [0.29, 0.717) is 56.0 Å². The summed E-state index contributed by atoms with van der Waals surface area (Å²) >= 11 is 0. The van der Waals surface area contributed by atoms with Crippen LogP contribution in [0.4, 0.5) is 0 Å². The van der Waals surface area contributed by atoms with Crippen molar-refractivity contribution in [1.29, 1.82) is 0 Å². The molecule has 5 aromatic carbocycles. The lowest BCUT2D eigenvalue weighted by Gasteiger charge is -2.31. The molecule has 0 bridgehead atoms. The maximum atomic E-state index is 13.2. The summed E-state index contributed by atoms with van der Waals surface area (Å²) in [6.07, 6.45) is 4.79. The third-order valence-electron chi connectivity index (χ3n) is 13.2. The molecule has 4 amide bonds. The molecular formula is C54H54N8O7. The highest BCUT2D eigenvalue weighted by atomic mass is 16.5. The fraction of sp³-hybridized carbons (Fsp3) is 0.259. The van der Waals surface area contributed by atoms with Crippen LogP contribution in [0.3, 0.4) is 0 Å². The number of carbonyl (C=O) groups excluding carboxylic acids is 4. The summed E-state index contributed by atoms with van der Waals surface area (Å²) < 4.78 is 8.31. The van der Waals surface area contributed by atoms with Gasteiger partial charge in [0.05, 0.1) is 28.9 Å². The molecule has 4 unspecified atom stereocenters. The van der Waals surface area contributed by atoms with Gasteiger partial charge in [0.25, 0.3) is 11.8 Å². The lowest BCUT2D eigenvalue weighted by molar-refractivity contribution is -0.135. The largest absolute Gasteiger partial charge is 0.489 e. The minimum Gasteiger partial charge on any atom is -0.489 e. The Kier molecular flexibility index (Phi) is 13.9. The first kappa shape index (κ1) is 46.4. The summed E-state index contributed by atoms with van der Waals surface area (Å²) in [6.45, 7) is 6.19. The molecule has 1 aliphatic heterocycles. The van der Waals surface area contributed by atoms with E-state index in [-0.39, 0.29) is 17.9 Å². The number of rotatable bonds is 11. The summed E-state index contributed by atoms with van der Waals surface area (Å²) in [5, 5.41) is 32.0. The van der Waals surface area contributed by atoms with Crippen LogP contribution in [0, 0.1) is 25.7 Å². The van der Waals surface area contributed by atoms with Crippen LogP contribution in [0.5, 0.6) is 5.75 Å². The Bertz CT molecular complexity index is 3230. The number of aryl methyl sites for hydroxylation is 2. The van der Waals surface area contributed by atoms with Gasteiger partial charge >= 0.3 is 0 Å². The average molecular weight is 927 g/mol. The Hall–Kier alpha value is -7.72. The van der Waals surface area contributed by atoms with Crippen molar-refractivity contribution >= 4 is 67.1 Å². The molecule has 0 radical (unpaired) electrons. The summed E-state index contributed by atoms with van der Waals surface area (Å²) in [5.74, 6) is -1.59. The normalized spacial score (nSPS) is 17.8. The standard InChI is InChI=1S/C28H28N4O4.C26H26N4O3/c1-17-13-19(22-6-2-3-8-25(22)30-17)16-36-20-9-10-21-18(14-20)5-4-7-23(21)27(33)31-26-15-29-12-11-24(26)28(34)32-35;1-16-13-19(20-5-2-3-7-22(20)27-16)15-30-12-11-17-14-18(9-10-24(17)30)25(31)28-23-8-4-6-21(23)26(32)29-33/h2-10,13-14,24,26,29,35H,11-12,15-16H2,1H3,(H,31,33)(H,32,34);2-3,5,7,9-14,21,23,33H,4,6,8,15H2,1H3,(H,28,31)(H,29,32). The van der Waals surface area contributed by atoms with E-state index in [1.54, 1.807) is 17.0 Å². The fourth-order valence-electron chi connectivity index (χ4n) is 9.85. The highest BCUT2D eigenvalue weighted by Crippen LogP contribution is 2.29. The van der Waals surface area contributed by atoms with Crippen molar-refractivity contribution in [3.63, 3.8) is 0 Å². The summed E-state index contributed by atoms with van der Waals surface area (Å²) in [7, 11) is 0. The van der Waals surface area contributed by atoms with Gasteiger partial charge < -0.3 is 25.3 Å². The van der Waals surface area contributed by atoms with E-state index in [1.165, 1.54) is 5.56 Å². The maximum absolute atomic E-state index is 13.2. The second-order valence-electron chi connectivity index (χ2n) is 17.8. The maximum Gasteiger partial charge on any atom is 0.252 e. The molecule has 7 N–H and O–H groups in total. The van der Waals surface area contributed by atoms with Crippen molar-refractivity contribution in [3.8, 4) is 5.75 Å². The molecule has 1 aliphatic carbocycles. The SMILES string of the molecule is Cc1cc(COc2ccc3c(C(=O)NC4CNCCC4C(=O)NO)cccc3c2)c2ccccc2n1.Cc1cc(Cn2ccc3cc(C(=O)NC4CCCC4C(=O)NO)ccc32)c2ccccc2n1. The smallest absolute Gasteiger partial charge is 0.252 e. The Labute approximate surface area is 398 Å². The van der Waals surface area contributed by atoms with Gasteiger partial charge in [-0.1, -0.05) is 55.0 Å². The van der Waals surface area contributed by atoms with E-state index in [1.807, 2.05) is 123 Å². The van der Waals surface area contributed by atoms with Crippen LogP contribution in [-0.4, -0.2) is 73.8 Å². The van der Waals surface area contributed by atoms with Gasteiger partial charge in [0, 0.05) is 75.1 Å². The molecular weight excluding hydrogens is 873 g/mol. The minimum absolute atomic E-state index is 0.206. The van der Waals surface area contributed by atoms with Crippen LogP contribution in [0.25, 0.3) is 43.5 Å². The molecule has 0 spiro atoms. The molecule has 2 aliphatic rings. The van der Waals surface area contributed by atoms with Crippen molar-refractivity contribution in [2.75, 3.05) is 13.1 Å².